The van der Waals surface area contributed by atoms with Gasteiger partial charge in [0.15, 0.2) is 0 Å². The van der Waals surface area contributed by atoms with Gasteiger partial charge in [-0.15, -0.1) is 0 Å². The fourth-order valence-electron chi connectivity index (χ4n) is 2.08. The predicted molar refractivity (Wildman–Crippen MR) is 83.2 cm³/mol. The molecule has 0 bridgehead atoms. The van der Waals surface area contributed by atoms with Crippen molar-refractivity contribution in [3.8, 4) is 5.75 Å². The first-order valence-electron chi connectivity index (χ1n) is 6.87. The van der Waals surface area contributed by atoms with Crippen molar-refractivity contribution in [1.29, 1.82) is 0 Å². The minimum atomic E-state index is -1.07. The lowest BCUT2D eigenvalue weighted by Gasteiger charge is -2.09. The summed E-state index contributed by atoms with van der Waals surface area (Å²) >= 11 is 0. The molecule has 0 aliphatic carbocycles. The van der Waals surface area contributed by atoms with E-state index in [1.807, 2.05) is 0 Å². The Balaban J connectivity index is 2.00. The summed E-state index contributed by atoms with van der Waals surface area (Å²) in [4.78, 5) is 23.2. The number of hydrogen-bond acceptors (Lipinski definition) is 3. The summed E-state index contributed by atoms with van der Waals surface area (Å²) in [5.41, 5.74) is 2.13. The van der Waals surface area contributed by atoms with Crippen molar-refractivity contribution in [1.82, 2.24) is 0 Å². The first kappa shape index (κ1) is 15.6. The van der Waals surface area contributed by atoms with Crippen LogP contribution in [-0.2, 0) is 11.2 Å². The summed E-state index contributed by atoms with van der Waals surface area (Å²) in [6, 6.07) is 11.5. The number of carboxylic acids is 1. The first-order valence-corrected chi connectivity index (χ1v) is 6.87. The Morgan fingerprint density at radius 1 is 1.09 bits per heavy atom. The van der Waals surface area contributed by atoms with E-state index in [0.717, 1.165) is 11.1 Å². The zero-order chi connectivity index (χ0) is 16.1. The summed E-state index contributed by atoms with van der Waals surface area (Å²) in [5.74, 6) is -1.14. The molecule has 5 nitrogen and oxygen atoms in total. The van der Waals surface area contributed by atoms with E-state index in [1.165, 1.54) is 6.07 Å². The van der Waals surface area contributed by atoms with Crippen molar-refractivity contribution in [2.24, 2.45) is 0 Å². The molecule has 22 heavy (non-hydrogen) atoms. The lowest BCUT2D eigenvalue weighted by molar-refractivity contribution is -0.116. The molecule has 0 spiro atoms. The number of carbonyl (C=O) groups excluding carboxylic acids is 1. The summed E-state index contributed by atoms with van der Waals surface area (Å²) < 4.78 is 0. The number of hydrogen-bond donors (Lipinski definition) is 3. The lowest BCUT2D eigenvalue weighted by atomic mass is 10.1. The van der Waals surface area contributed by atoms with E-state index in [-0.39, 0.29) is 23.6 Å². The number of benzene rings is 2. The number of aromatic carboxylic acids is 1. The largest absolute Gasteiger partial charge is 0.508 e. The van der Waals surface area contributed by atoms with Gasteiger partial charge in [-0.25, -0.2) is 4.79 Å². The van der Waals surface area contributed by atoms with Crippen LogP contribution in [0.2, 0.25) is 0 Å². The van der Waals surface area contributed by atoms with Gasteiger partial charge in [0.05, 0.1) is 11.3 Å². The second kappa shape index (κ2) is 6.76. The molecular weight excluding hydrogens is 282 g/mol. The molecule has 0 aromatic heterocycles. The summed E-state index contributed by atoms with van der Waals surface area (Å²) in [7, 11) is 0. The minimum Gasteiger partial charge on any atom is -0.508 e. The highest BCUT2D eigenvalue weighted by molar-refractivity contribution is 6.00. The van der Waals surface area contributed by atoms with E-state index in [1.54, 1.807) is 43.3 Å². The fraction of sp³-hybridized carbons (Fsp3) is 0.176. The third-order valence-electron chi connectivity index (χ3n) is 3.26. The number of phenolic OH excluding ortho intramolecular Hbond substituents is 1. The van der Waals surface area contributed by atoms with Crippen molar-refractivity contribution in [3.63, 3.8) is 0 Å². The van der Waals surface area contributed by atoms with Crippen LogP contribution in [0.3, 0.4) is 0 Å². The molecule has 0 fully saturated rings. The monoisotopic (exact) mass is 299 g/mol. The molecule has 2 rings (SSSR count). The average Bonchev–Trinajstić information content (AvgIpc) is 2.48. The van der Waals surface area contributed by atoms with Crippen LogP contribution in [0.4, 0.5) is 5.69 Å². The Hall–Kier alpha value is -2.82. The van der Waals surface area contributed by atoms with Gasteiger partial charge in [0.1, 0.15) is 5.75 Å². The molecule has 1 amide bonds. The number of anilines is 1. The number of carbonyl (C=O) groups is 2. The molecule has 3 N–H and O–H groups in total. The molecule has 0 radical (unpaired) electrons. The van der Waals surface area contributed by atoms with Crippen LogP contribution in [0.15, 0.2) is 42.5 Å². The van der Waals surface area contributed by atoms with Crippen LogP contribution >= 0.6 is 0 Å². The molecule has 0 aliphatic rings. The Labute approximate surface area is 128 Å². The van der Waals surface area contributed by atoms with E-state index in [4.69, 9.17) is 5.11 Å². The predicted octanol–water partition coefficient (Wildman–Crippen LogP) is 2.97. The molecule has 2 aromatic carbocycles. The molecule has 0 saturated heterocycles. The maximum Gasteiger partial charge on any atom is 0.337 e. The molecule has 0 saturated carbocycles. The Morgan fingerprint density at radius 2 is 1.77 bits per heavy atom. The van der Waals surface area contributed by atoms with E-state index >= 15 is 0 Å². The Kier molecular flexibility index (Phi) is 4.78. The Bertz CT molecular complexity index is 692. The number of rotatable bonds is 5. The minimum absolute atomic E-state index is 0.0815. The number of phenols is 1. The SMILES string of the molecule is Cc1ccc(NC(=O)CCc2ccc(O)cc2)c(C(=O)O)c1. The van der Waals surface area contributed by atoms with Gasteiger partial charge in [0, 0.05) is 6.42 Å². The highest BCUT2D eigenvalue weighted by Crippen LogP contribution is 2.18. The lowest BCUT2D eigenvalue weighted by Crippen LogP contribution is -2.15. The van der Waals surface area contributed by atoms with Crippen molar-refractivity contribution in [2.45, 2.75) is 19.8 Å². The quantitative estimate of drug-likeness (QED) is 0.792. The van der Waals surface area contributed by atoms with Gasteiger partial charge in [-0.3, -0.25) is 4.79 Å². The van der Waals surface area contributed by atoms with Crippen LogP contribution in [0.25, 0.3) is 0 Å². The van der Waals surface area contributed by atoms with Crippen LogP contribution < -0.4 is 5.32 Å². The molecule has 2 aromatic rings. The van der Waals surface area contributed by atoms with Crippen molar-refractivity contribution in [2.75, 3.05) is 5.32 Å². The van der Waals surface area contributed by atoms with Gasteiger partial charge in [0.25, 0.3) is 0 Å². The summed E-state index contributed by atoms with van der Waals surface area (Å²) in [6.07, 6.45) is 0.748. The summed E-state index contributed by atoms with van der Waals surface area (Å²) in [5, 5.41) is 21.0. The number of carboxylic acid groups (broad SMARTS) is 1. The van der Waals surface area contributed by atoms with E-state index in [2.05, 4.69) is 5.32 Å². The van der Waals surface area contributed by atoms with Crippen LogP contribution in [0, 0.1) is 6.92 Å². The fourth-order valence-corrected chi connectivity index (χ4v) is 2.08. The van der Waals surface area contributed by atoms with Gasteiger partial charge in [-0.05, 0) is 43.2 Å². The molecule has 0 aliphatic heterocycles. The van der Waals surface area contributed by atoms with Crippen molar-refractivity contribution < 1.29 is 19.8 Å². The van der Waals surface area contributed by atoms with Crippen LogP contribution in [0.5, 0.6) is 5.75 Å². The molecule has 0 heterocycles. The molecule has 0 unspecified atom stereocenters. The van der Waals surface area contributed by atoms with Crippen molar-refractivity contribution >= 4 is 17.6 Å². The third-order valence-corrected chi connectivity index (χ3v) is 3.26. The second-order valence-electron chi connectivity index (χ2n) is 5.07. The first-order chi connectivity index (χ1) is 10.5. The number of amides is 1. The maximum absolute atomic E-state index is 12.0. The standard InChI is InChI=1S/C17H17NO4/c1-11-2-8-15(14(10-11)17(21)22)18-16(20)9-5-12-3-6-13(19)7-4-12/h2-4,6-8,10,19H,5,9H2,1H3,(H,18,20)(H,21,22). The molecular formula is C17H17NO4. The van der Waals surface area contributed by atoms with Gasteiger partial charge in [-0.2, -0.15) is 0 Å². The normalized spacial score (nSPS) is 10.2. The zero-order valence-electron chi connectivity index (χ0n) is 12.2. The molecule has 114 valence electrons. The van der Waals surface area contributed by atoms with Crippen molar-refractivity contribution in [3.05, 3.63) is 59.2 Å². The summed E-state index contributed by atoms with van der Waals surface area (Å²) in [6.45, 7) is 1.79. The maximum atomic E-state index is 12.0. The van der Waals surface area contributed by atoms with Crippen LogP contribution in [0.1, 0.15) is 27.9 Å². The molecule has 0 atom stereocenters. The van der Waals surface area contributed by atoms with Gasteiger partial charge in [0.2, 0.25) is 5.91 Å². The van der Waals surface area contributed by atoms with Gasteiger partial charge in [-0.1, -0.05) is 23.8 Å². The highest BCUT2D eigenvalue weighted by atomic mass is 16.4. The van der Waals surface area contributed by atoms with Crippen LogP contribution in [-0.4, -0.2) is 22.1 Å². The average molecular weight is 299 g/mol. The highest BCUT2D eigenvalue weighted by Gasteiger charge is 2.12. The van der Waals surface area contributed by atoms with Gasteiger partial charge >= 0.3 is 5.97 Å². The number of nitrogens with one attached hydrogen (secondary N) is 1. The molecule has 5 heteroatoms. The third kappa shape index (κ3) is 4.09. The second-order valence-corrected chi connectivity index (χ2v) is 5.07. The van der Waals surface area contributed by atoms with E-state index < -0.39 is 5.97 Å². The van der Waals surface area contributed by atoms with E-state index in [9.17, 15) is 14.7 Å². The van der Waals surface area contributed by atoms with Gasteiger partial charge < -0.3 is 15.5 Å². The number of aromatic hydroxyl groups is 1. The Morgan fingerprint density at radius 3 is 2.41 bits per heavy atom. The smallest absolute Gasteiger partial charge is 0.337 e. The zero-order valence-corrected chi connectivity index (χ0v) is 12.2. The number of aryl methyl sites for hydroxylation is 2. The van der Waals surface area contributed by atoms with E-state index in [0.29, 0.717) is 12.1 Å². The topological polar surface area (TPSA) is 86.6 Å².